The van der Waals surface area contributed by atoms with E-state index in [1.54, 1.807) is 13.8 Å². The van der Waals surface area contributed by atoms with Crippen molar-refractivity contribution in [1.82, 2.24) is 0 Å². The average molecular weight is 468 g/mol. The molecule has 0 aromatic heterocycles. The molecule has 2 saturated carbocycles. The van der Waals surface area contributed by atoms with Crippen molar-refractivity contribution in [2.24, 2.45) is 23.2 Å². The first-order valence-electron chi connectivity index (χ1n) is 13.3. The highest BCUT2D eigenvalue weighted by molar-refractivity contribution is 5.66. The second-order valence-corrected chi connectivity index (χ2v) is 13.0. The molecule has 2 rings (SSSR count). The van der Waals surface area contributed by atoms with Crippen LogP contribution in [-0.2, 0) is 14.3 Å². The summed E-state index contributed by atoms with van der Waals surface area (Å²) in [7, 11) is 0. The fourth-order valence-electron chi connectivity index (χ4n) is 7.14. The number of hydrogen-bond donors (Lipinski definition) is 1. The highest BCUT2D eigenvalue weighted by Gasteiger charge is 2.54. The number of hydrogen-bond acceptors (Lipinski definition) is 5. The smallest absolute Gasteiger partial charge is 0.302 e. The standard InChI is InChI=1S/C28H51O5/c1-20(29)32-24-14-11-19-28(8)22(15-16-23(24)28)21(12-9-17-25(2,3)30)13-10-18-26(4,5)33-27(6,7)31/h21-24,30H,9-19H2,1-8H3/q-1/t21-,22-,23?,24+,28-/m1/s1. The van der Waals surface area contributed by atoms with Gasteiger partial charge in [-0.2, -0.15) is 0 Å². The summed E-state index contributed by atoms with van der Waals surface area (Å²) in [6, 6.07) is 0. The van der Waals surface area contributed by atoms with Gasteiger partial charge in [0, 0.05) is 12.8 Å². The molecule has 0 bridgehead atoms. The van der Waals surface area contributed by atoms with E-state index < -0.39 is 17.0 Å². The molecule has 0 aromatic carbocycles. The average Bonchev–Trinajstić information content (AvgIpc) is 2.94. The Morgan fingerprint density at radius 1 is 1.06 bits per heavy atom. The van der Waals surface area contributed by atoms with Gasteiger partial charge in [0.15, 0.2) is 0 Å². The molecule has 0 saturated heterocycles. The zero-order valence-corrected chi connectivity index (χ0v) is 22.7. The van der Waals surface area contributed by atoms with Crippen LogP contribution in [0.15, 0.2) is 0 Å². The molecule has 1 N–H and O–H groups in total. The Kier molecular flexibility index (Phi) is 9.49. The number of fused-ring (bicyclic) bond motifs is 1. The summed E-state index contributed by atoms with van der Waals surface area (Å²) >= 11 is 0. The predicted molar refractivity (Wildman–Crippen MR) is 130 cm³/mol. The minimum atomic E-state index is -1.38. The molecule has 0 amide bonds. The Morgan fingerprint density at radius 3 is 2.21 bits per heavy atom. The van der Waals surface area contributed by atoms with Crippen LogP contribution < -0.4 is 5.11 Å². The van der Waals surface area contributed by atoms with Gasteiger partial charge in [-0.3, -0.25) is 4.79 Å². The van der Waals surface area contributed by atoms with Crippen LogP contribution in [0.5, 0.6) is 0 Å². The summed E-state index contributed by atoms with van der Waals surface area (Å²) in [6.07, 6.45) is 11.7. The summed E-state index contributed by atoms with van der Waals surface area (Å²) in [5, 5.41) is 22.3. The van der Waals surface area contributed by atoms with Gasteiger partial charge in [-0.1, -0.05) is 46.5 Å². The van der Waals surface area contributed by atoms with Gasteiger partial charge >= 0.3 is 5.97 Å². The number of carbonyl (C=O) groups excluding carboxylic acids is 1. The molecule has 0 radical (unpaired) electrons. The van der Waals surface area contributed by atoms with E-state index in [1.807, 2.05) is 27.7 Å². The van der Waals surface area contributed by atoms with Crippen molar-refractivity contribution in [3.05, 3.63) is 0 Å². The Bertz CT molecular complexity index is 629. The van der Waals surface area contributed by atoms with E-state index in [4.69, 9.17) is 9.47 Å². The van der Waals surface area contributed by atoms with Gasteiger partial charge in [0.25, 0.3) is 0 Å². The topological polar surface area (TPSA) is 78.8 Å². The third-order valence-corrected chi connectivity index (χ3v) is 8.26. The van der Waals surface area contributed by atoms with Crippen molar-refractivity contribution in [3.8, 4) is 0 Å². The Labute approximate surface area is 203 Å². The summed E-state index contributed by atoms with van der Waals surface area (Å²) in [5.41, 5.74) is -0.857. The van der Waals surface area contributed by atoms with Crippen LogP contribution in [0.25, 0.3) is 0 Å². The molecule has 33 heavy (non-hydrogen) atoms. The third-order valence-electron chi connectivity index (χ3n) is 8.26. The maximum atomic E-state index is 12.1. The number of rotatable bonds is 12. The first-order valence-corrected chi connectivity index (χ1v) is 13.3. The van der Waals surface area contributed by atoms with Crippen molar-refractivity contribution >= 4 is 5.97 Å². The molecule has 194 valence electrons. The van der Waals surface area contributed by atoms with E-state index in [9.17, 15) is 15.0 Å². The molecule has 0 aromatic rings. The molecular weight excluding hydrogens is 416 g/mol. The molecule has 5 heteroatoms. The molecule has 5 atom stereocenters. The molecule has 2 fully saturated rings. The highest BCUT2D eigenvalue weighted by atomic mass is 16.6. The minimum absolute atomic E-state index is 0.0647. The minimum Gasteiger partial charge on any atom is -0.829 e. The third kappa shape index (κ3) is 8.81. The highest BCUT2D eigenvalue weighted by Crippen LogP contribution is 2.59. The predicted octanol–water partition coefficient (Wildman–Crippen LogP) is 5.75. The molecule has 0 spiro atoms. The van der Waals surface area contributed by atoms with Crippen LogP contribution in [0.1, 0.15) is 126 Å². The molecule has 1 unspecified atom stereocenters. The molecule has 0 aliphatic heterocycles. The zero-order valence-electron chi connectivity index (χ0n) is 22.7. The Morgan fingerprint density at radius 2 is 1.67 bits per heavy atom. The van der Waals surface area contributed by atoms with Gasteiger partial charge in [0.1, 0.15) is 6.10 Å². The lowest BCUT2D eigenvalue weighted by atomic mass is 9.60. The van der Waals surface area contributed by atoms with Crippen molar-refractivity contribution < 1.29 is 24.5 Å². The van der Waals surface area contributed by atoms with Crippen molar-refractivity contribution in [1.29, 1.82) is 0 Å². The van der Waals surface area contributed by atoms with Crippen LogP contribution >= 0.6 is 0 Å². The second-order valence-electron chi connectivity index (χ2n) is 13.0. The van der Waals surface area contributed by atoms with Gasteiger partial charge in [0.05, 0.1) is 11.2 Å². The number of carbonyl (C=O) groups is 1. The molecule has 2 aliphatic rings. The van der Waals surface area contributed by atoms with Crippen molar-refractivity contribution in [3.63, 3.8) is 0 Å². The van der Waals surface area contributed by atoms with E-state index >= 15 is 0 Å². The summed E-state index contributed by atoms with van der Waals surface area (Å²) in [6.45, 7) is 15.0. The summed E-state index contributed by atoms with van der Waals surface area (Å²) in [5.74, 6) is 0.114. The Hall–Kier alpha value is -0.650. The largest absolute Gasteiger partial charge is 0.829 e. The van der Waals surface area contributed by atoms with Crippen LogP contribution in [0.3, 0.4) is 0 Å². The summed E-state index contributed by atoms with van der Waals surface area (Å²) in [4.78, 5) is 11.7. The van der Waals surface area contributed by atoms with E-state index in [-0.39, 0.29) is 17.5 Å². The maximum absolute atomic E-state index is 12.1. The van der Waals surface area contributed by atoms with Gasteiger partial charge in [-0.25, -0.2) is 0 Å². The normalized spacial score (nSPS) is 29.6. The SMILES string of the molecule is CC(=O)O[C@H]1CCC[C@@]2(C)C1CC[C@@H]2[C@H](CCCC(C)(C)O)CCCC(C)(C)OC(C)(C)[O-]. The van der Waals surface area contributed by atoms with Crippen LogP contribution in [0.2, 0.25) is 0 Å². The number of ether oxygens (including phenoxy) is 2. The fraction of sp³-hybridized carbons (Fsp3) is 0.964. The van der Waals surface area contributed by atoms with E-state index in [2.05, 4.69) is 6.92 Å². The van der Waals surface area contributed by atoms with Crippen molar-refractivity contribution in [2.45, 2.75) is 149 Å². The monoisotopic (exact) mass is 467 g/mol. The van der Waals surface area contributed by atoms with Crippen LogP contribution in [-0.4, -0.2) is 34.2 Å². The molecular formula is C28H51O5-. The first-order chi connectivity index (χ1) is 15.0. The number of esters is 1. The lowest BCUT2D eigenvalue weighted by Crippen LogP contribution is -2.46. The van der Waals surface area contributed by atoms with E-state index in [0.29, 0.717) is 17.8 Å². The van der Waals surface area contributed by atoms with E-state index in [0.717, 1.165) is 57.8 Å². The fourth-order valence-corrected chi connectivity index (χ4v) is 7.14. The van der Waals surface area contributed by atoms with Gasteiger partial charge < -0.3 is 19.7 Å². The first kappa shape index (κ1) is 28.6. The van der Waals surface area contributed by atoms with Crippen LogP contribution in [0.4, 0.5) is 0 Å². The lowest BCUT2D eigenvalue weighted by molar-refractivity contribution is -0.555. The maximum Gasteiger partial charge on any atom is 0.302 e. The second kappa shape index (κ2) is 11.0. The Balaban J connectivity index is 2.10. The zero-order chi connectivity index (χ0) is 25.1. The van der Waals surface area contributed by atoms with E-state index in [1.165, 1.54) is 19.8 Å². The number of aliphatic hydroxyl groups is 1. The van der Waals surface area contributed by atoms with Gasteiger partial charge in [-0.15, -0.1) is 0 Å². The molecule has 5 nitrogen and oxygen atoms in total. The molecule has 2 aliphatic carbocycles. The lowest BCUT2D eigenvalue weighted by Gasteiger charge is -2.47. The molecule has 0 heterocycles. The quantitative estimate of drug-likeness (QED) is 0.292. The van der Waals surface area contributed by atoms with Crippen molar-refractivity contribution in [2.75, 3.05) is 0 Å². The van der Waals surface area contributed by atoms with Gasteiger partial charge in [-0.05, 0) is 95.7 Å². The van der Waals surface area contributed by atoms with Crippen LogP contribution in [0, 0.1) is 23.2 Å². The van der Waals surface area contributed by atoms with Gasteiger partial charge in [0.2, 0.25) is 0 Å². The summed E-state index contributed by atoms with van der Waals surface area (Å²) < 4.78 is 11.6.